The summed E-state index contributed by atoms with van der Waals surface area (Å²) in [5.74, 6) is 1.28. The van der Waals surface area contributed by atoms with Crippen LogP contribution >= 0.6 is 24.0 Å². The zero-order valence-corrected chi connectivity index (χ0v) is 19.0. The fourth-order valence-corrected chi connectivity index (χ4v) is 3.16. The number of halogens is 1. The van der Waals surface area contributed by atoms with Crippen molar-refractivity contribution in [3.05, 3.63) is 24.2 Å². The standard InChI is InChI=1S/C19H32N4O4.HI/c1-19(26-15-16-27-19)5-7-21-18(20-6-4-17-3-2-12-25-17)22-8-9-23-10-13-24-14-11-23;/h2-3,12H,4-11,13-16H2,1H3,(H2,20,21,22);1H. The monoisotopic (exact) mass is 508 g/mol. The fraction of sp³-hybridized carbons (Fsp3) is 0.737. The number of aliphatic imine (C=N–C) groups is 1. The van der Waals surface area contributed by atoms with E-state index in [9.17, 15) is 0 Å². The van der Waals surface area contributed by atoms with Gasteiger partial charge < -0.3 is 29.3 Å². The molecule has 28 heavy (non-hydrogen) atoms. The molecule has 0 spiro atoms. The Balaban J connectivity index is 0.00000280. The van der Waals surface area contributed by atoms with Crippen molar-refractivity contribution in [3.63, 3.8) is 0 Å². The van der Waals surface area contributed by atoms with Crippen LogP contribution < -0.4 is 10.6 Å². The van der Waals surface area contributed by atoms with E-state index in [0.29, 0.717) is 19.8 Å². The van der Waals surface area contributed by atoms with Gasteiger partial charge in [0.25, 0.3) is 0 Å². The van der Waals surface area contributed by atoms with E-state index in [2.05, 4.69) is 15.5 Å². The predicted molar refractivity (Wildman–Crippen MR) is 118 cm³/mol. The Hall–Kier alpha value is -0.880. The first-order chi connectivity index (χ1) is 13.2. The van der Waals surface area contributed by atoms with Crippen molar-refractivity contribution in [2.45, 2.75) is 25.6 Å². The average Bonchev–Trinajstić information content (AvgIpc) is 3.34. The summed E-state index contributed by atoms with van der Waals surface area (Å²) in [6.07, 6.45) is 3.26. The van der Waals surface area contributed by atoms with Crippen molar-refractivity contribution < 1.29 is 18.6 Å². The van der Waals surface area contributed by atoms with Crippen LogP contribution in [0.5, 0.6) is 0 Å². The van der Waals surface area contributed by atoms with E-state index >= 15 is 0 Å². The summed E-state index contributed by atoms with van der Waals surface area (Å²) in [7, 11) is 0. The second-order valence-corrected chi connectivity index (χ2v) is 6.95. The molecule has 2 aliphatic heterocycles. The number of rotatable bonds is 9. The van der Waals surface area contributed by atoms with Gasteiger partial charge in [0.15, 0.2) is 11.7 Å². The lowest BCUT2D eigenvalue weighted by Gasteiger charge is -2.27. The van der Waals surface area contributed by atoms with Crippen LogP contribution in [0.2, 0.25) is 0 Å². The zero-order chi connectivity index (χ0) is 18.8. The molecule has 0 saturated carbocycles. The summed E-state index contributed by atoms with van der Waals surface area (Å²) < 4.78 is 22.1. The molecule has 2 aliphatic rings. The van der Waals surface area contributed by atoms with Gasteiger partial charge in [0, 0.05) is 52.1 Å². The number of nitrogens with one attached hydrogen (secondary N) is 2. The Morgan fingerprint density at radius 2 is 1.89 bits per heavy atom. The molecule has 0 bridgehead atoms. The summed E-state index contributed by atoms with van der Waals surface area (Å²) >= 11 is 0. The van der Waals surface area contributed by atoms with Crippen molar-refractivity contribution in [2.24, 2.45) is 4.99 Å². The quantitative estimate of drug-likeness (QED) is 0.297. The molecule has 9 heteroatoms. The summed E-state index contributed by atoms with van der Waals surface area (Å²) in [5.41, 5.74) is 0. The maximum absolute atomic E-state index is 5.65. The Morgan fingerprint density at radius 3 is 2.61 bits per heavy atom. The fourth-order valence-electron chi connectivity index (χ4n) is 3.16. The van der Waals surface area contributed by atoms with E-state index in [1.165, 1.54) is 0 Å². The van der Waals surface area contributed by atoms with Crippen molar-refractivity contribution in [3.8, 4) is 0 Å². The third-order valence-corrected chi connectivity index (χ3v) is 4.80. The molecule has 0 radical (unpaired) electrons. The van der Waals surface area contributed by atoms with E-state index < -0.39 is 5.79 Å². The molecule has 3 heterocycles. The lowest BCUT2D eigenvalue weighted by Crippen LogP contribution is -2.45. The zero-order valence-electron chi connectivity index (χ0n) is 16.7. The van der Waals surface area contributed by atoms with Crippen molar-refractivity contribution in [1.82, 2.24) is 15.5 Å². The Morgan fingerprint density at radius 1 is 1.14 bits per heavy atom. The van der Waals surface area contributed by atoms with Gasteiger partial charge in [-0.05, 0) is 19.1 Å². The minimum atomic E-state index is -0.503. The van der Waals surface area contributed by atoms with Gasteiger partial charge in [-0.15, -0.1) is 24.0 Å². The number of hydrogen-bond donors (Lipinski definition) is 2. The number of hydrogen-bond acceptors (Lipinski definition) is 6. The van der Waals surface area contributed by atoms with Crippen LogP contribution in [0.1, 0.15) is 19.1 Å². The lowest BCUT2D eigenvalue weighted by atomic mass is 10.2. The molecular weight excluding hydrogens is 475 g/mol. The van der Waals surface area contributed by atoms with Crippen LogP contribution in [0.3, 0.4) is 0 Å². The third-order valence-electron chi connectivity index (χ3n) is 4.80. The molecule has 0 unspecified atom stereocenters. The molecule has 0 aromatic carbocycles. The lowest BCUT2D eigenvalue weighted by molar-refractivity contribution is -0.144. The molecular formula is C19H33IN4O4. The second-order valence-electron chi connectivity index (χ2n) is 6.95. The molecule has 1 aromatic rings. The number of ether oxygens (including phenoxy) is 3. The van der Waals surface area contributed by atoms with Gasteiger partial charge in [0.2, 0.25) is 0 Å². The first-order valence-corrected chi connectivity index (χ1v) is 9.86. The van der Waals surface area contributed by atoms with Gasteiger partial charge in [-0.1, -0.05) is 0 Å². The normalized spacial score (nSPS) is 20.0. The Bertz CT molecular complexity index is 558. The molecule has 2 saturated heterocycles. The molecule has 0 amide bonds. The van der Waals surface area contributed by atoms with Crippen molar-refractivity contribution >= 4 is 29.9 Å². The molecule has 2 fully saturated rings. The van der Waals surface area contributed by atoms with Crippen molar-refractivity contribution in [1.29, 1.82) is 0 Å². The number of guanidine groups is 1. The minimum absolute atomic E-state index is 0. The van der Waals surface area contributed by atoms with Crippen molar-refractivity contribution in [2.75, 3.05) is 65.7 Å². The number of morpholine rings is 1. The molecule has 3 rings (SSSR count). The summed E-state index contributed by atoms with van der Waals surface area (Å²) in [4.78, 5) is 7.10. The molecule has 0 aliphatic carbocycles. The smallest absolute Gasteiger partial charge is 0.191 e. The molecule has 8 nitrogen and oxygen atoms in total. The maximum Gasteiger partial charge on any atom is 0.191 e. The maximum atomic E-state index is 5.65. The highest BCUT2D eigenvalue weighted by molar-refractivity contribution is 14.0. The first-order valence-electron chi connectivity index (χ1n) is 9.86. The van der Waals surface area contributed by atoms with E-state index in [1.54, 1.807) is 6.26 Å². The van der Waals surface area contributed by atoms with Crippen LogP contribution in [-0.2, 0) is 20.6 Å². The Labute approximate surface area is 184 Å². The minimum Gasteiger partial charge on any atom is -0.469 e. The largest absolute Gasteiger partial charge is 0.469 e. The van der Waals surface area contributed by atoms with Gasteiger partial charge in [-0.25, -0.2) is 0 Å². The molecule has 0 atom stereocenters. The predicted octanol–water partition coefficient (Wildman–Crippen LogP) is 1.46. The van der Waals surface area contributed by atoms with Gasteiger partial charge in [-0.3, -0.25) is 9.89 Å². The van der Waals surface area contributed by atoms with Crippen LogP contribution in [0.15, 0.2) is 27.8 Å². The first kappa shape index (κ1) is 23.4. The van der Waals surface area contributed by atoms with Gasteiger partial charge in [-0.2, -0.15) is 0 Å². The van der Waals surface area contributed by atoms with Crippen LogP contribution in [0, 0.1) is 0 Å². The van der Waals surface area contributed by atoms with Crippen LogP contribution in [-0.4, -0.2) is 82.3 Å². The molecule has 2 N–H and O–H groups in total. The summed E-state index contributed by atoms with van der Waals surface area (Å²) in [6.45, 7) is 10.2. The average molecular weight is 508 g/mol. The van der Waals surface area contributed by atoms with E-state index in [4.69, 9.17) is 23.6 Å². The van der Waals surface area contributed by atoms with Crippen LogP contribution in [0.25, 0.3) is 0 Å². The Kier molecular flexibility index (Phi) is 10.6. The van der Waals surface area contributed by atoms with Gasteiger partial charge >= 0.3 is 0 Å². The van der Waals surface area contributed by atoms with Gasteiger partial charge in [0.05, 0.1) is 32.7 Å². The molecule has 1 aromatic heterocycles. The third kappa shape index (κ3) is 8.24. The number of nitrogens with zero attached hydrogens (tertiary/aromatic N) is 2. The van der Waals surface area contributed by atoms with E-state index in [0.717, 1.165) is 70.5 Å². The topological polar surface area (TPSA) is 80.5 Å². The summed E-state index contributed by atoms with van der Waals surface area (Å²) in [6, 6.07) is 3.90. The second kappa shape index (κ2) is 12.6. The highest BCUT2D eigenvalue weighted by Gasteiger charge is 2.30. The van der Waals surface area contributed by atoms with Gasteiger partial charge in [0.1, 0.15) is 5.76 Å². The summed E-state index contributed by atoms with van der Waals surface area (Å²) in [5, 5.41) is 6.82. The highest BCUT2D eigenvalue weighted by Crippen LogP contribution is 2.22. The number of furan rings is 1. The van der Waals surface area contributed by atoms with E-state index in [1.807, 2.05) is 19.1 Å². The highest BCUT2D eigenvalue weighted by atomic mass is 127. The van der Waals surface area contributed by atoms with E-state index in [-0.39, 0.29) is 24.0 Å². The molecule has 160 valence electrons. The van der Waals surface area contributed by atoms with Crippen LogP contribution in [0.4, 0.5) is 0 Å². The SMILES string of the molecule is CC1(CCN=C(NCCc2ccco2)NCCN2CCOCC2)OCCO1.I.